The number of hydrogen-bond donors (Lipinski definition) is 2. The molecule has 0 bridgehead atoms. The second kappa shape index (κ2) is 15.3. The topological polar surface area (TPSA) is 119 Å². The van der Waals surface area contributed by atoms with E-state index in [2.05, 4.69) is 10.2 Å². The number of benzene rings is 4. The zero-order valence-corrected chi connectivity index (χ0v) is 27.8. The number of aryl methyl sites for hydroxylation is 1. The molecule has 2 aliphatic heterocycles. The molecule has 2 heterocycles. The van der Waals surface area contributed by atoms with Crippen molar-refractivity contribution in [2.45, 2.75) is 19.8 Å². The molecule has 0 atom stereocenters. The number of para-hydroxylation sites is 2. The fourth-order valence-electron chi connectivity index (χ4n) is 6.39. The molecule has 4 aromatic rings. The first-order chi connectivity index (χ1) is 23.8. The average Bonchev–Trinajstić information content (AvgIpc) is 3.27. The van der Waals surface area contributed by atoms with Crippen molar-refractivity contribution in [3.63, 3.8) is 0 Å². The van der Waals surface area contributed by atoms with Crippen molar-refractivity contribution in [1.82, 2.24) is 9.80 Å². The number of carbonyl (C=O) groups is 4. The second-order valence-electron chi connectivity index (χ2n) is 12.5. The number of nitrogens with zero attached hydrogens (tertiary/aromatic N) is 4. The lowest BCUT2D eigenvalue weighted by molar-refractivity contribution is -0.133. The molecule has 1 saturated heterocycles. The number of nitrogens with two attached hydrogens (primary N) is 1. The Morgan fingerprint density at radius 3 is 2.16 bits per heavy atom. The Morgan fingerprint density at radius 2 is 1.45 bits per heavy atom. The normalized spacial score (nSPS) is 15.1. The van der Waals surface area contributed by atoms with E-state index in [1.165, 1.54) is 4.90 Å². The number of rotatable bonds is 9. The predicted molar refractivity (Wildman–Crippen MR) is 193 cm³/mol. The van der Waals surface area contributed by atoms with Gasteiger partial charge in [-0.15, -0.1) is 0 Å². The molecule has 6 rings (SSSR count). The third-order valence-corrected chi connectivity index (χ3v) is 9.18. The Labute approximate surface area is 287 Å². The zero-order chi connectivity index (χ0) is 34.3. The summed E-state index contributed by atoms with van der Waals surface area (Å²) in [6.45, 7) is 6.44. The Balaban J connectivity index is 1.14. The van der Waals surface area contributed by atoms with Crippen LogP contribution in [0.3, 0.4) is 0 Å². The van der Waals surface area contributed by atoms with E-state index in [-0.39, 0.29) is 43.1 Å². The van der Waals surface area contributed by atoms with Crippen LogP contribution in [0, 0.1) is 6.92 Å². The Morgan fingerprint density at radius 1 is 0.776 bits per heavy atom. The van der Waals surface area contributed by atoms with E-state index in [1.54, 1.807) is 47.4 Å². The molecule has 0 spiro atoms. The van der Waals surface area contributed by atoms with Gasteiger partial charge in [0.05, 0.1) is 11.4 Å². The highest BCUT2D eigenvalue weighted by Crippen LogP contribution is 2.34. The highest BCUT2D eigenvalue weighted by atomic mass is 16.2. The summed E-state index contributed by atoms with van der Waals surface area (Å²) >= 11 is 0. The number of amides is 4. The molecule has 4 amide bonds. The number of carbonyl (C=O) groups excluding carboxylic acids is 4. The van der Waals surface area contributed by atoms with Gasteiger partial charge in [-0.05, 0) is 80.0 Å². The van der Waals surface area contributed by atoms with Crippen molar-refractivity contribution < 1.29 is 19.2 Å². The molecule has 10 nitrogen and oxygen atoms in total. The molecule has 1 fully saturated rings. The molecular formula is C39H42N6O4. The summed E-state index contributed by atoms with van der Waals surface area (Å²) in [4.78, 5) is 61.3. The molecule has 10 heteroatoms. The maximum Gasteiger partial charge on any atom is 0.258 e. The van der Waals surface area contributed by atoms with Crippen molar-refractivity contribution in [2.75, 3.05) is 67.5 Å². The SMILES string of the molecule is Cc1ccc(-c2ccccc2C(=O)Nc2ccc(C(=O)N3CCC(=O)N(CC(=O)N4CCN(CCCN)CC4)c4ccccc43)cc2)cc1. The van der Waals surface area contributed by atoms with Gasteiger partial charge in [0.2, 0.25) is 11.8 Å². The molecule has 49 heavy (non-hydrogen) atoms. The van der Waals surface area contributed by atoms with Crippen LogP contribution in [0.4, 0.5) is 17.1 Å². The van der Waals surface area contributed by atoms with E-state index in [4.69, 9.17) is 5.73 Å². The first kappa shape index (κ1) is 33.6. The minimum absolute atomic E-state index is 0.0785. The molecular weight excluding hydrogens is 616 g/mol. The Bertz CT molecular complexity index is 1820. The summed E-state index contributed by atoms with van der Waals surface area (Å²) in [6, 6.07) is 29.5. The van der Waals surface area contributed by atoms with E-state index >= 15 is 0 Å². The summed E-state index contributed by atoms with van der Waals surface area (Å²) in [6.07, 6.45) is 1.00. The van der Waals surface area contributed by atoms with Crippen molar-refractivity contribution >= 4 is 40.7 Å². The van der Waals surface area contributed by atoms with Crippen LogP contribution < -0.4 is 20.9 Å². The third kappa shape index (κ3) is 7.72. The first-order valence-corrected chi connectivity index (χ1v) is 16.8. The fraction of sp³-hybridized carbons (Fsp3) is 0.282. The molecule has 0 radical (unpaired) electrons. The highest BCUT2D eigenvalue weighted by Gasteiger charge is 2.32. The van der Waals surface area contributed by atoms with Gasteiger partial charge in [-0.2, -0.15) is 0 Å². The lowest BCUT2D eigenvalue weighted by Crippen LogP contribution is -2.52. The van der Waals surface area contributed by atoms with Gasteiger partial charge in [-0.25, -0.2) is 0 Å². The van der Waals surface area contributed by atoms with Crippen LogP contribution in [0.5, 0.6) is 0 Å². The van der Waals surface area contributed by atoms with Gasteiger partial charge in [-0.1, -0.05) is 60.2 Å². The number of fused-ring (bicyclic) bond motifs is 1. The summed E-state index contributed by atoms with van der Waals surface area (Å²) in [7, 11) is 0. The van der Waals surface area contributed by atoms with Crippen LogP contribution in [0.25, 0.3) is 11.1 Å². The van der Waals surface area contributed by atoms with E-state index in [1.807, 2.05) is 66.4 Å². The molecule has 252 valence electrons. The minimum atomic E-state index is -0.273. The van der Waals surface area contributed by atoms with Gasteiger partial charge in [0.1, 0.15) is 6.54 Å². The Hall–Kier alpha value is -5.32. The highest BCUT2D eigenvalue weighted by molar-refractivity contribution is 6.13. The molecule has 0 aromatic heterocycles. The molecule has 0 unspecified atom stereocenters. The maximum atomic E-state index is 13.9. The maximum absolute atomic E-state index is 13.9. The summed E-state index contributed by atoms with van der Waals surface area (Å²) in [5.41, 5.74) is 11.2. The van der Waals surface area contributed by atoms with E-state index in [0.717, 1.165) is 42.7 Å². The van der Waals surface area contributed by atoms with Crippen LogP contribution in [-0.4, -0.2) is 85.8 Å². The van der Waals surface area contributed by atoms with Crippen LogP contribution in [-0.2, 0) is 9.59 Å². The number of nitrogens with one attached hydrogen (secondary N) is 1. The van der Waals surface area contributed by atoms with Gasteiger partial charge in [0, 0.05) is 56.0 Å². The molecule has 4 aromatic carbocycles. The van der Waals surface area contributed by atoms with Crippen molar-refractivity contribution in [2.24, 2.45) is 5.73 Å². The average molecular weight is 659 g/mol. The molecule has 2 aliphatic rings. The molecule has 0 saturated carbocycles. The summed E-state index contributed by atoms with van der Waals surface area (Å²) in [5, 5.41) is 2.96. The fourth-order valence-corrected chi connectivity index (χ4v) is 6.39. The van der Waals surface area contributed by atoms with Crippen molar-refractivity contribution in [3.05, 3.63) is 114 Å². The van der Waals surface area contributed by atoms with Gasteiger partial charge in [0.25, 0.3) is 11.8 Å². The number of piperazine rings is 1. The van der Waals surface area contributed by atoms with E-state index in [9.17, 15) is 19.2 Å². The zero-order valence-electron chi connectivity index (χ0n) is 27.8. The van der Waals surface area contributed by atoms with E-state index < -0.39 is 0 Å². The second-order valence-corrected chi connectivity index (χ2v) is 12.5. The van der Waals surface area contributed by atoms with Crippen LogP contribution in [0.2, 0.25) is 0 Å². The predicted octanol–water partition coefficient (Wildman–Crippen LogP) is 4.79. The molecule has 3 N–H and O–H groups in total. The first-order valence-electron chi connectivity index (χ1n) is 16.8. The lowest BCUT2D eigenvalue weighted by atomic mass is 9.98. The third-order valence-electron chi connectivity index (χ3n) is 9.18. The van der Waals surface area contributed by atoms with Crippen LogP contribution >= 0.6 is 0 Å². The van der Waals surface area contributed by atoms with Crippen molar-refractivity contribution in [3.8, 4) is 11.1 Å². The van der Waals surface area contributed by atoms with Crippen molar-refractivity contribution in [1.29, 1.82) is 0 Å². The monoisotopic (exact) mass is 658 g/mol. The summed E-state index contributed by atoms with van der Waals surface area (Å²) in [5.74, 6) is -0.842. The van der Waals surface area contributed by atoms with Gasteiger partial charge < -0.3 is 25.8 Å². The van der Waals surface area contributed by atoms with Gasteiger partial charge in [-0.3, -0.25) is 24.1 Å². The van der Waals surface area contributed by atoms with Gasteiger partial charge in [0.15, 0.2) is 0 Å². The van der Waals surface area contributed by atoms with Gasteiger partial charge >= 0.3 is 0 Å². The smallest absolute Gasteiger partial charge is 0.258 e. The largest absolute Gasteiger partial charge is 0.339 e. The minimum Gasteiger partial charge on any atom is -0.339 e. The number of hydrogen-bond acceptors (Lipinski definition) is 6. The van der Waals surface area contributed by atoms with Crippen LogP contribution in [0.1, 0.15) is 39.1 Å². The standard InChI is InChI=1S/C39H42N6O4/c1-28-11-13-29(14-12-28)32-7-2-3-8-33(32)38(48)41-31-17-15-30(16-18-31)39(49)44-22-19-36(46)45(35-10-5-4-9-34(35)44)27-37(47)43-25-23-42(24-26-43)21-6-20-40/h2-5,7-18H,6,19-27,40H2,1H3,(H,41,48). The Kier molecular flexibility index (Phi) is 10.5. The molecule has 0 aliphatic carbocycles. The number of anilines is 3. The summed E-state index contributed by atoms with van der Waals surface area (Å²) < 4.78 is 0. The quantitative estimate of drug-likeness (QED) is 0.267. The van der Waals surface area contributed by atoms with Crippen LogP contribution in [0.15, 0.2) is 97.1 Å². The lowest BCUT2D eigenvalue weighted by Gasteiger charge is -2.35. The van der Waals surface area contributed by atoms with E-state index in [0.29, 0.717) is 47.8 Å².